The first-order valence-corrected chi connectivity index (χ1v) is 4.32. The Bertz CT molecular complexity index is 108. The molecule has 0 spiro atoms. The summed E-state index contributed by atoms with van der Waals surface area (Å²) in [6, 6.07) is 0. The Hall–Kier alpha value is -0.120. The van der Waals surface area contributed by atoms with Gasteiger partial charge in [-0.2, -0.15) is 0 Å². The van der Waals surface area contributed by atoms with Crippen molar-refractivity contribution in [3.63, 3.8) is 0 Å². The largest absolute Gasteiger partial charge is 0.396 e. The van der Waals surface area contributed by atoms with Crippen molar-refractivity contribution in [2.45, 2.75) is 32.3 Å². The van der Waals surface area contributed by atoms with Gasteiger partial charge < -0.3 is 14.9 Å². The molecule has 12 heavy (non-hydrogen) atoms. The van der Waals surface area contributed by atoms with Crippen molar-refractivity contribution < 1.29 is 14.9 Å². The third-order valence-corrected chi connectivity index (χ3v) is 2.22. The van der Waals surface area contributed by atoms with Crippen molar-refractivity contribution in [1.82, 2.24) is 0 Å². The molecular formula is C9H20O3. The first-order valence-electron chi connectivity index (χ1n) is 4.32. The Kier molecular flexibility index (Phi) is 5.46. The summed E-state index contributed by atoms with van der Waals surface area (Å²) < 4.78 is 5.21. The molecule has 0 radical (unpaired) electrons. The van der Waals surface area contributed by atoms with Gasteiger partial charge in [-0.1, -0.05) is 0 Å². The first kappa shape index (κ1) is 11.9. The van der Waals surface area contributed by atoms with Gasteiger partial charge in [0.25, 0.3) is 0 Å². The van der Waals surface area contributed by atoms with Crippen molar-refractivity contribution in [3.05, 3.63) is 0 Å². The third-order valence-electron chi connectivity index (χ3n) is 2.22. The Morgan fingerprint density at radius 1 is 1.25 bits per heavy atom. The molecule has 0 fully saturated rings. The van der Waals surface area contributed by atoms with Crippen LogP contribution in [0.5, 0.6) is 0 Å². The SMILES string of the molecule is COC(C)(C)CCC(CO)CO. The monoisotopic (exact) mass is 176 g/mol. The van der Waals surface area contributed by atoms with Crippen molar-refractivity contribution in [3.8, 4) is 0 Å². The molecule has 0 bridgehead atoms. The van der Waals surface area contributed by atoms with E-state index in [4.69, 9.17) is 14.9 Å². The normalized spacial score (nSPS) is 12.5. The topological polar surface area (TPSA) is 49.7 Å². The zero-order valence-corrected chi connectivity index (χ0v) is 8.21. The van der Waals surface area contributed by atoms with E-state index < -0.39 is 0 Å². The molecule has 0 heterocycles. The first-order chi connectivity index (χ1) is 5.55. The molecule has 0 amide bonds. The molecule has 0 aromatic rings. The Morgan fingerprint density at radius 2 is 1.75 bits per heavy atom. The number of hydrogen-bond donors (Lipinski definition) is 2. The summed E-state index contributed by atoms with van der Waals surface area (Å²) in [6.07, 6.45) is 1.66. The van der Waals surface area contributed by atoms with E-state index in [9.17, 15) is 0 Å². The van der Waals surface area contributed by atoms with Gasteiger partial charge in [0.15, 0.2) is 0 Å². The fourth-order valence-corrected chi connectivity index (χ4v) is 0.894. The van der Waals surface area contributed by atoms with Crippen molar-refractivity contribution in [2.75, 3.05) is 20.3 Å². The molecule has 74 valence electrons. The van der Waals surface area contributed by atoms with Crippen LogP contribution in [0.25, 0.3) is 0 Å². The van der Waals surface area contributed by atoms with Crippen LogP contribution in [0.3, 0.4) is 0 Å². The lowest BCUT2D eigenvalue weighted by molar-refractivity contribution is 0.00515. The van der Waals surface area contributed by atoms with Gasteiger partial charge in [-0.25, -0.2) is 0 Å². The van der Waals surface area contributed by atoms with Gasteiger partial charge in [0, 0.05) is 26.2 Å². The molecule has 0 atom stereocenters. The molecule has 0 aliphatic carbocycles. The predicted octanol–water partition coefficient (Wildman–Crippen LogP) is 0.792. The van der Waals surface area contributed by atoms with Crippen LogP contribution in [0.15, 0.2) is 0 Å². The van der Waals surface area contributed by atoms with Crippen LogP contribution in [0.4, 0.5) is 0 Å². The molecule has 0 aromatic carbocycles. The van der Waals surface area contributed by atoms with E-state index in [-0.39, 0.29) is 24.7 Å². The van der Waals surface area contributed by atoms with Gasteiger partial charge >= 0.3 is 0 Å². The quantitative estimate of drug-likeness (QED) is 0.629. The molecular weight excluding hydrogens is 156 g/mol. The number of aliphatic hydroxyl groups is 2. The van der Waals surface area contributed by atoms with E-state index in [0.29, 0.717) is 0 Å². The van der Waals surface area contributed by atoms with Crippen molar-refractivity contribution in [1.29, 1.82) is 0 Å². The summed E-state index contributed by atoms with van der Waals surface area (Å²) in [6.45, 7) is 4.10. The molecule has 3 heteroatoms. The lowest BCUT2D eigenvalue weighted by atomic mass is 9.96. The summed E-state index contributed by atoms with van der Waals surface area (Å²) in [5.74, 6) is -0.000532. The smallest absolute Gasteiger partial charge is 0.0622 e. The van der Waals surface area contributed by atoms with Gasteiger partial charge in [-0.3, -0.25) is 0 Å². The van der Waals surface area contributed by atoms with E-state index in [1.807, 2.05) is 13.8 Å². The average Bonchev–Trinajstić information content (AvgIpc) is 2.06. The van der Waals surface area contributed by atoms with E-state index in [0.717, 1.165) is 12.8 Å². The average molecular weight is 176 g/mol. The summed E-state index contributed by atoms with van der Waals surface area (Å²) in [5, 5.41) is 17.6. The van der Waals surface area contributed by atoms with E-state index in [1.54, 1.807) is 7.11 Å². The van der Waals surface area contributed by atoms with Crippen LogP contribution in [-0.2, 0) is 4.74 Å². The fraction of sp³-hybridized carbons (Fsp3) is 1.00. The summed E-state index contributed by atoms with van der Waals surface area (Å²) in [4.78, 5) is 0. The molecule has 0 aromatic heterocycles. The standard InChI is InChI=1S/C9H20O3/c1-9(2,12-3)5-4-8(6-10)7-11/h8,10-11H,4-7H2,1-3H3. The van der Waals surface area contributed by atoms with Crippen LogP contribution in [0.2, 0.25) is 0 Å². The summed E-state index contributed by atoms with van der Waals surface area (Å²) in [5.41, 5.74) is -0.150. The second-order valence-corrected chi connectivity index (χ2v) is 3.73. The number of aliphatic hydroxyl groups excluding tert-OH is 2. The summed E-state index contributed by atoms with van der Waals surface area (Å²) in [7, 11) is 1.67. The zero-order chi connectivity index (χ0) is 9.61. The Morgan fingerprint density at radius 3 is 2.08 bits per heavy atom. The lowest BCUT2D eigenvalue weighted by Gasteiger charge is -2.24. The van der Waals surface area contributed by atoms with Gasteiger partial charge in [0.05, 0.1) is 5.60 Å². The van der Waals surface area contributed by atoms with Crippen LogP contribution < -0.4 is 0 Å². The molecule has 0 aliphatic heterocycles. The van der Waals surface area contributed by atoms with Crippen LogP contribution in [0, 0.1) is 5.92 Å². The lowest BCUT2D eigenvalue weighted by Crippen LogP contribution is -2.24. The van der Waals surface area contributed by atoms with Crippen molar-refractivity contribution >= 4 is 0 Å². The molecule has 0 unspecified atom stereocenters. The van der Waals surface area contributed by atoms with Gasteiger partial charge in [-0.15, -0.1) is 0 Å². The highest BCUT2D eigenvalue weighted by Crippen LogP contribution is 2.18. The molecule has 0 saturated carbocycles. The van der Waals surface area contributed by atoms with Gasteiger partial charge in [0.2, 0.25) is 0 Å². The van der Waals surface area contributed by atoms with Crippen LogP contribution in [-0.4, -0.2) is 36.1 Å². The molecule has 0 rings (SSSR count). The number of methoxy groups -OCH3 is 1. The molecule has 3 nitrogen and oxygen atoms in total. The minimum Gasteiger partial charge on any atom is -0.396 e. The fourth-order valence-electron chi connectivity index (χ4n) is 0.894. The van der Waals surface area contributed by atoms with Gasteiger partial charge in [-0.05, 0) is 26.7 Å². The number of hydrogen-bond acceptors (Lipinski definition) is 3. The van der Waals surface area contributed by atoms with E-state index in [1.165, 1.54) is 0 Å². The van der Waals surface area contributed by atoms with E-state index in [2.05, 4.69) is 0 Å². The van der Waals surface area contributed by atoms with Crippen LogP contribution >= 0.6 is 0 Å². The minimum atomic E-state index is -0.150. The highest BCUT2D eigenvalue weighted by atomic mass is 16.5. The highest BCUT2D eigenvalue weighted by molar-refractivity contribution is 4.70. The molecule has 0 aliphatic rings. The third kappa shape index (κ3) is 4.70. The maximum Gasteiger partial charge on any atom is 0.0622 e. The van der Waals surface area contributed by atoms with Gasteiger partial charge in [0.1, 0.15) is 0 Å². The maximum atomic E-state index is 8.79. The number of rotatable bonds is 6. The maximum absolute atomic E-state index is 8.79. The number of ether oxygens (including phenoxy) is 1. The highest BCUT2D eigenvalue weighted by Gasteiger charge is 2.18. The van der Waals surface area contributed by atoms with E-state index >= 15 is 0 Å². The Balaban J connectivity index is 3.65. The van der Waals surface area contributed by atoms with Crippen LogP contribution in [0.1, 0.15) is 26.7 Å². The minimum absolute atomic E-state index is 0.000532. The molecule has 0 saturated heterocycles. The molecule has 2 N–H and O–H groups in total. The second-order valence-electron chi connectivity index (χ2n) is 3.73. The Labute approximate surface area is 74.4 Å². The summed E-state index contributed by atoms with van der Waals surface area (Å²) >= 11 is 0. The van der Waals surface area contributed by atoms with Crippen molar-refractivity contribution in [2.24, 2.45) is 5.92 Å². The zero-order valence-electron chi connectivity index (χ0n) is 8.21. The predicted molar refractivity (Wildman–Crippen MR) is 48.0 cm³/mol. The second kappa shape index (κ2) is 5.51.